The van der Waals surface area contributed by atoms with Gasteiger partial charge in [0.2, 0.25) is 5.91 Å². The molecule has 0 atom stereocenters. The number of benzene rings is 1. The third kappa shape index (κ3) is 4.80. The van der Waals surface area contributed by atoms with Crippen molar-refractivity contribution in [3.05, 3.63) is 39.6 Å². The number of nitrogens with one attached hydrogen (secondary N) is 1. The lowest BCUT2D eigenvalue weighted by atomic mass is 10.2. The second-order valence-corrected chi connectivity index (χ2v) is 7.28. The SMILES string of the molecule is CCCCn1nc(C)c(C=CC(=O)Nc2cc3c(cc2Cl)OCCCO3)c1Cl. The van der Waals surface area contributed by atoms with E-state index in [9.17, 15) is 4.79 Å². The first-order valence-corrected chi connectivity index (χ1v) is 10.1. The van der Waals surface area contributed by atoms with Crippen molar-refractivity contribution in [2.75, 3.05) is 18.5 Å². The van der Waals surface area contributed by atoms with Gasteiger partial charge >= 0.3 is 0 Å². The van der Waals surface area contributed by atoms with Crippen molar-refractivity contribution in [2.24, 2.45) is 0 Å². The Hall–Kier alpha value is -2.18. The van der Waals surface area contributed by atoms with Crippen LogP contribution in [0.15, 0.2) is 18.2 Å². The molecule has 8 heteroatoms. The molecule has 1 aliphatic heterocycles. The molecule has 1 amide bonds. The summed E-state index contributed by atoms with van der Waals surface area (Å²) in [7, 11) is 0. The third-order valence-corrected chi connectivity index (χ3v) is 5.04. The number of anilines is 1. The number of nitrogens with zero attached hydrogens (tertiary/aromatic N) is 2. The molecular weight excluding hydrogens is 401 g/mol. The predicted octanol–water partition coefficient (Wildman–Crippen LogP) is 5.11. The minimum absolute atomic E-state index is 0.326. The zero-order chi connectivity index (χ0) is 20.1. The highest BCUT2D eigenvalue weighted by molar-refractivity contribution is 6.34. The molecule has 28 heavy (non-hydrogen) atoms. The van der Waals surface area contributed by atoms with Crippen LogP contribution < -0.4 is 14.8 Å². The number of ether oxygens (including phenoxy) is 2. The highest BCUT2D eigenvalue weighted by Gasteiger charge is 2.15. The minimum atomic E-state index is -0.326. The number of halogens is 2. The third-order valence-electron chi connectivity index (χ3n) is 4.33. The van der Waals surface area contributed by atoms with Crippen LogP contribution in [0.25, 0.3) is 6.08 Å². The van der Waals surface area contributed by atoms with Crippen LogP contribution in [0.1, 0.15) is 37.4 Å². The maximum Gasteiger partial charge on any atom is 0.248 e. The zero-order valence-corrected chi connectivity index (χ0v) is 17.4. The molecule has 0 unspecified atom stereocenters. The van der Waals surface area contributed by atoms with E-state index in [1.165, 1.54) is 6.08 Å². The Morgan fingerprint density at radius 1 is 1.29 bits per heavy atom. The molecule has 1 N–H and O–H groups in total. The van der Waals surface area contributed by atoms with Gasteiger partial charge in [0.1, 0.15) is 5.15 Å². The van der Waals surface area contributed by atoms with Gasteiger partial charge in [-0.15, -0.1) is 0 Å². The predicted molar refractivity (Wildman–Crippen MR) is 112 cm³/mol. The van der Waals surface area contributed by atoms with Gasteiger partial charge in [0.05, 0.1) is 29.6 Å². The normalized spacial score (nSPS) is 13.6. The molecule has 3 rings (SSSR count). The maximum atomic E-state index is 12.4. The quantitative estimate of drug-likeness (QED) is 0.655. The Bertz CT molecular complexity index is 893. The second-order valence-electron chi connectivity index (χ2n) is 6.52. The van der Waals surface area contributed by atoms with E-state index in [0.717, 1.165) is 37.1 Å². The van der Waals surface area contributed by atoms with Crippen molar-refractivity contribution in [3.8, 4) is 11.5 Å². The summed E-state index contributed by atoms with van der Waals surface area (Å²) in [5.41, 5.74) is 1.97. The fourth-order valence-electron chi connectivity index (χ4n) is 2.83. The van der Waals surface area contributed by atoms with E-state index in [2.05, 4.69) is 17.3 Å². The van der Waals surface area contributed by atoms with Gasteiger partial charge in [-0.25, -0.2) is 0 Å². The van der Waals surface area contributed by atoms with E-state index in [1.54, 1.807) is 22.9 Å². The Kier molecular flexibility index (Phi) is 6.86. The molecule has 0 spiro atoms. The smallest absolute Gasteiger partial charge is 0.248 e. The van der Waals surface area contributed by atoms with Gasteiger partial charge < -0.3 is 14.8 Å². The molecule has 150 valence electrons. The summed E-state index contributed by atoms with van der Waals surface area (Å²) in [6.07, 6.45) is 5.92. The lowest BCUT2D eigenvalue weighted by Gasteiger charge is -2.11. The molecule has 0 fully saturated rings. The number of hydrogen-bond donors (Lipinski definition) is 1. The fourth-order valence-corrected chi connectivity index (χ4v) is 3.35. The first-order valence-electron chi connectivity index (χ1n) is 9.30. The van der Waals surface area contributed by atoms with Gasteiger partial charge in [-0.1, -0.05) is 36.5 Å². The number of aromatic nitrogens is 2. The Labute approximate surface area is 174 Å². The van der Waals surface area contributed by atoms with Crippen LogP contribution in [0.5, 0.6) is 11.5 Å². The van der Waals surface area contributed by atoms with Crippen molar-refractivity contribution < 1.29 is 14.3 Å². The highest BCUT2D eigenvalue weighted by Crippen LogP contribution is 2.37. The first kappa shape index (κ1) is 20.6. The fraction of sp³-hybridized carbons (Fsp3) is 0.400. The minimum Gasteiger partial charge on any atom is -0.490 e. The van der Waals surface area contributed by atoms with E-state index >= 15 is 0 Å². The Morgan fingerprint density at radius 3 is 2.71 bits per heavy atom. The number of carbonyl (C=O) groups excluding carboxylic acids is 1. The lowest BCUT2D eigenvalue weighted by molar-refractivity contribution is -0.111. The molecule has 0 radical (unpaired) electrons. The van der Waals surface area contributed by atoms with Gasteiger partial charge in [-0.05, 0) is 19.4 Å². The molecule has 2 heterocycles. The summed E-state index contributed by atoms with van der Waals surface area (Å²) < 4.78 is 13.0. The lowest BCUT2D eigenvalue weighted by Crippen LogP contribution is -2.08. The van der Waals surface area contributed by atoms with Crippen LogP contribution in [0.2, 0.25) is 10.2 Å². The van der Waals surface area contributed by atoms with Crippen LogP contribution in [-0.2, 0) is 11.3 Å². The van der Waals surface area contributed by atoms with E-state index in [1.807, 2.05) is 6.92 Å². The number of aryl methyl sites for hydroxylation is 2. The standard InChI is InChI=1S/C20H23Cl2N3O3/c1-3-4-8-25-20(22)14(13(2)24-25)6-7-19(26)23-16-12-18-17(11-15(16)21)27-9-5-10-28-18/h6-7,11-12H,3-5,8-10H2,1-2H3,(H,23,26). The monoisotopic (exact) mass is 423 g/mol. The topological polar surface area (TPSA) is 65.4 Å². The molecular formula is C20H23Cl2N3O3. The summed E-state index contributed by atoms with van der Waals surface area (Å²) in [4.78, 5) is 12.4. The summed E-state index contributed by atoms with van der Waals surface area (Å²) in [5, 5.41) is 8.11. The van der Waals surface area contributed by atoms with Gasteiger partial charge in [-0.3, -0.25) is 9.48 Å². The van der Waals surface area contributed by atoms with Crippen LogP contribution in [0.3, 0.4) is 0 Å². The van der Waals surface area contributed by atoms with Crippen LogP contribution in [-0.4, -0.2) is 28.9 Å². The van der Waals surface area contributed by atoms with Crippen LogP contribution >= 0.6 is 23.2 Å². The van der Waals surface area contributed by atoms with Crippen molar-refractivity contribution in [1.29, 1.82) is 0 Å². The molecule has 1 aromatic heterocycles. The molecule has 0 saturated carbocycles. The summed E-state index contributed by atoms with van der Waals surface area (Å²) in [6.45, 7) is 5.86. The Balaban J connectivity index is 1.72. The highest BCUT2D eigenvalue weighted by atomic mass is 35.5. The maximum absolute atomic E-state index is 12.4. The molecule has 6 nitrogen and oxygen atoms in total. The number of hydrogen-bond acceptors (Lipinski definition) is 4. The number of amides is 1. The van der Waals surface area contributed by atoms with Gasteiger partial charge in [-0.2, -0.15) is 5.10 Å². The molecule has 1 aromatic carbocycles. The average molecular weight is 424 g/mol. The summed E-state index contributed by atoms with van der Waals surface area (Å²) in [6, 6.07) is 3.33. The Morgan fingerprint density at radius 2 is 2.00 bits per heavy atom. The second kappa shape index (κ2) is 9.34. The van der Waals surface area contributed by atoms with Crippen LogP contribution in [0.4, 0.5) is 5.69 Å². The average Bonchev–Trinajstić information content (AvgIpc) is 2.82. The number of fused-ring (bicyclic) bond motifs is 1. The number of carbonyl (C=O) groups is 1. The van der Waals surface area contributed by atoms with Crippen molar-refractivity contribution in [1.82, 2.24) is 9.78 Å². The number of unbranched alkanes of at least 4 members (excludes halogenated alkanes) is 1. The molecule has 0 bridgehead atoms. The van der Waals surface area contributed by atoms with Crippen LogP contribution in [0, 0.1) is 6.92 Å². The van der Waals surface area contributed by atoms with Gasteiger partial charge in [0.25, 0.3) is 0 Å². The van der Waals surface area contributed by atoms with Gasteiger partial charge in [0, 0.05) is 36.7 Å². The largest absolute Gasteiger partial charge is 0.490 e. The first-order chi connectivity index (χ1) is 13.5. The summed E-state index contributed by atoms with van der Waals surface area (Å²) >= 11 is 12.7. The molecule has 2 aromatic rings. The summed E-state index contributed by atoms with van der Waals surface area (Å²) in [5.74, 6) is 0.823. The van der Waals surface area contributed by atoms with E-state index in [4.69, 9.17) is 32.7 Å². The van der Waals surface area contributed by atoms with Crippen molar-refractivity contribution in [2.45, 2.75) is 39.7 Å². The van der Waals surface area contributed by atoms with E-state index in [0.29, 0.717) is 40.6 Å². The van der Waals surface area contributed by atoms with E-state index < -0.39 is 0 Å². The number of rotatable bonds is 6. The zero-order valence-electron chi connectivity index (χ0n) is 15.9. The van der Waals surface area contributed by atoms with Gasteiger partial charge in [0.15, 0.2) is 11.5 Å². The van der Waals surface area contributed by atoms with E-state index in [-0.39, 0.29) is 5.91 Å². The van der Waals surface area contributed by atoms with Crippen molar-refractivity contribution >= 4 is 40.9 Å². The molecule has 0 aliphatic carbocycles. The molecule has 0 saturated heterocycles. The van der Waals surface area contributed by atoms with Crippen molar-refractivity contribution in [3.63, 3.8) is 0 Å². The molecule has 1 aliphatic rings.